The van der Waals surface area contributed by atoms with Crippen LogP contribution in [0, 0.1) is 6.92 Å². The molecule has 0 radical (unpaired) electrons. The van der Waals surface area contributed by atoms with Gasteiger partial charge in [-0.25, -0.2) is 9.59 Å². The number of ketones is 1. The molecule has 0 aliphatic carbocycles. The van der Waals surface area contributed by atoms with E-state index in [-0.39, 0.29) is 24.6 Å². The smallest absolute Gasteiger partial charge is 0.354 e. The van der Waals surface area contributed by atoms with Gasteiger partial charge in [-0.1, -0.05) is 30.3 Å². The van der Waals surface area contributed by atoms with E-state index >= 15 is 0 Å². The van der Waals surface area contributed by atoms with E-state index in [1.54, 1.807) is 6.92 Å². The molecule has 0 saturated heterocycles. The van der Waals surface area contributed by atoms with Crippen LogP contribution in [-0.2, 0) is 16.1 Å². The SMILES string of the molecule is CCOC(=O)C(=CC(=O)c1c(O)cc(C)oc1=O)NCc1ccccc1. The molecule has 1 heterocycles. The van der Waals surface area contributed by atoms with Gasteiger partial charge in [0.05, 0.1) is 6.61 Å². The lowest BCUT2D eigenvalue weighted by Gasteiger charge is -2.10. The number of rotatable bonds is 7. The quantitative estimate of drug-likeness (QED) is 0.444. The first kappa shape index (κ1) is 19.0. The molecule has 7 nitrogen and oxygen atoms in total. The lowest BCUT2D eigenvalue weighted by atomic mass is 10.1. The van der Waals surface area contributed by atoms with Crippen molar-refractivity contribution in [3.63, 3.8) is 0 Å². The number of hydrogen-bond acceptors (Lipinski definition) is 7. The van der Waals surface area contributed by atoms with Crippen molar-refractivity contribution < 1.29 is 23.8 Å². The fraction of sp³-hybridized carbons (Fsp3) is 0.211. The minimum Gasteiger partial charge on any atom is -0.507 e. The highest BCUT2D eigenvalue weighted by Crippen LogP contribution is 2.16. The van der Waals surface area contributed by atoms with E-state index in [0.717, 1.165) is 17.7 Å². The minimum absolute atomic E-state index is 0.120. The summed E-state index contributed by atoms with van der Waals surface area (Å²) in [6, 6.07) is 10.4. The second-order valence-electron chi connectivity index (χ2n) is 5.39. The van der Waals surface area contributed by atoms with Crippen LogP contribution >= 0.6 is 0 Å². The molecule has 0 unspecified atom stereocenters. The molecular weight excluding hydrogens is 338 g/mol. The van der Waals surface area contributed by atoms with Crippen molar-refractivity contribution in [2.24, 2.45) is 0 Å². The molecule has 0 spiro atoms. The predicted molar refractivity (Wildman–Crippen MR) is 93.7 cm³/mol. The van der Waals surface area contributed by atoms with Crippen LogP contribution in [-0.4, -0.2) is 23.5 Å². The monoisotopic (exact) mass is 357 g/mol. The average molecular weight is 357 g/mol. The van der Waals surface area contributed by atoms with Crippen LogP contribution in [0.3, 0.4) is 0 Å². The molecule has 2 N–H and O–H groups in total. The molecule has 0 saturated carbocycles. The molecule has 2 aromatic rings. The predicted octanol–water partition coefficient (Wildman–Crippen LogP) is 2.07. The number of carbonyl (C=O) groups excluding carboxylic acids is 2. The van der Waals surface area contributed by atoms with Gasteiger partial charge in [0.1, 0.15) is 22.8 Å². The number of hydrogen-bond donors (Lipinski definition) is 2. The summed E-state index contributed by atoms with van der Waals surface area (Å²) in [5.41, 5.74) is -0.762. The van der Waals surface area contributed by atoms with Gasteiger partial charge in [0.15, 0.2) is 5.78 Å². The number of carbonyl (C=O) groups is 2. The van der Waals surface area contributed by atoms with E-state index in [1.807, 2.05) is 30.3 Å². The van der Waals surface area contributed by atoms with Crippen molar-refractivity contribution in [3.05, 3.63) is 75.5 Å². The summed E-state index contributed by atoms with van der Waals surface area (Å²) in [6.07, 6.45) is 0.919. The van der Waals surface area contributed by atoms with Gasteiger partial charge in [-0.15, -0.1) is 0 Å². The van der Waals surface area contributed by atoms with E-state index in [4.69, 9.17) is 9.15 Å². The van der Waals surface area contributed by atoms with Gasteiger partial charge in [-0.2, -0.15) is 0 Å². The first-order chi connectivity index (χ1) is 12.4. The third-order valence-electron chi connectivity index (χ3n) is 3.40. The van der Waals surface area contributed by atoms with E-state index in [1.165, 1.54) is 6.92 Å². The molecule has 0 bridgehead atoms. The summed E-state index contributed by atoms with van der Waals surface area (Å²) in [7, 11) is 0. The highest BCUT2D eigenvalue weighted by Gasteiger charge is 2.20. The van der Waals surface area contributed by atoms with Crippen LogP contribution in [0.5, 0.6) is 5.75 Å². The fourth-order valence-electron chi connectivity index (χ4n) is 2.21. The van der Waals surface area contributed by atoms with Crippen LogP contribution in [0.25, 0.3) is 0 Å². The van der Waals surface area contributed by atoms with Crippen molar-refractivity contribution in [2.75, 3.05) is 6.61 Å². The van der Waals surface area contributed by atoms with Gasteiger partial charge < -0.3 is 19.6 Å². The maximum Gasteiger partial charge on any atom is 0.354 e. The highest BCUT2D eigenvalue weighted by molar-refractivity contribution is 6.09. The third kappa shape index (κ3) is 4.83. The second-order valence-corrected chi connectivity index (χ2v) is 5.39. The Bertz CT molecular complexity index is 883. The Kier molecular flexibility index (Phi) is 6.32. The average Bonchev–Trinajstić information content (AvgIpc) is 2.58. The topological polar surface area (TPSA) is 106 Å². The Morgan fingerprint density at radius 1 is 1.27 bits per heavy atom. The summed E-state index contributed by atoms with van der Waals surface area (Å²) in [5.74, 6) is -1.94. The molecule has 1 aromatic carbocycles. The Morgan fingerprint density at radius 2 is 1.96 bits per heavy atom. The number of ether oxygens (including phenoxy) is 1. The normalized spacial score (nSPS) is 11.1. The van der Waals surface area contributed by atoms with E-state index in [0.29, 0.717) is 0 Å². The van der Waals surface area contributed by atoms with Crippen LogP contribution in [0.1, 0.15) is 28.6 Å². The number of allylic oxidation sites excluding steroid dienone is 1. The first-order valence-corrected chi connectivity index (χ1v) is 7.97. The zero-order valence-corrected chi connectivity index (χ0v) is 14.4. The van der Waals surface area contributed by atoms with Crippen LogP contribution < -0.4 is 10.9 Å². The summed E-state index contributed by atoms with van der Waals surface area (Å²) >= 11 is 0. The summed E-state index contributed by atoms with van der Waals surface area (Å²) in [4.78, 5) is 36.3. The van der Waals surface area contributed by atoms with E-state index in [9.17, 15) is 19.5 Å². The van der Waals surface area contributed by atoms with Crippen LogP contribution in [0.4, 0.5) is 0 Å². The number of benzene rings is 1. The summed E-state index contributed by atoms with van der Waals surface area (Å²) in [6.45, 7) is 3.49. The second kappa shape index (κ2) is 8.66. The molecule has 0 aliphatic heterocycles. The van der Waals surface area contributed by atoms with Gasteiger partial charge in [-0.05, 0) is 19.4 Å². The van der Waals surface area contributed by atoms with E-state index in [2.05, 4.69) is 5.32 Å². The molecule has 136 valence electrons. The molecule has 0 fully saturated rings. The summed E-state index contributed by atoms with van der Waals surface area (Å²) in [5, 5.41) is 12.7. The molecule has 0 amide bonds. The van der Waals surface area contributed by atoms with Crippen molar-refractivity contribution in [2.45, 2.75) is 20.4 Å². The Morgan fingerprint density at radius 3 is 2.58 bits per heavy atom. The van der Waals surface area contributed by atoms with Gasteiger partial charge in [0.2, 0.25) is 0 Å². The van der Waals surface area contributed by atoms with Crippen molar-refractivity contribution in [3.8, 4) is 5.75 Å². The van der Waals surface area contributed by atoms with Crippen molar-refractivity contribution in [1.29, 1.82) is 0 Å². The fourth-order valence-corrected chi connectivity index (χ4v) is 2.21. The number of esters is 1. The maximum absolute atomic E-state index is 12.4. The Labute approximate surface area is 149 Å². The van der Waals surface area contributed by atoms with Crippen molar-refractivity contribution >= 4 is 11.8 Å². The standard InChI is InChI=1S/C19H19NO6/c1-3-25-18(23)14(20-11-13-7-5-4-6-8-13)10-16(22)17-15(21)9-12(2)26-19(17)24/h4-10,20-21H,3,11H2,1-2H3. The lowest BCUT2D eigenvalue weighted by Crippen LogP contribution is -2.24. The lowest BCUT2D eigenvalue weighted by molar-refractivity contribution is -0.139. The maximum atomic E-state index is 12.4. The van der Waals surface area contributed by atoms with Gasteiger partial charge in [0, 0.05) is 18.7 Å². The van der Waals surface area contributed by atoms with Crippen LogP contribution in [0.15, 0.2) is 57.4 Å². The zero-order chi connectivity index (χ0) is 19.1. The Balaban J connectivity index is 2.30. The van der Waals surface area contributed by atoms with Gasteiger partial charge in [-0.3, -0.25) is 4.79 Å². The molecule has 0 atom stereocenters. The number of aryl methyl sites for hydroxylation is 1. The Hall–Kier alpha value is -3.35. The summed E-state index contributed by atoms with van der Waals surface area (Å²) < 4.78 is 9.75. The minimum atomic E-state index is -0.977. The van der Waals surface area contributed by atoms with Gasteiger partial charge in [0.25, 0.3) is 0 Å². The van der Waals surface area contributed by atoms with Crippen molar-refractivity contribution in [1.82, 2.24) is 5.32 Å². The molecule has 0 aliphatic rings. The van der Waals surface area contributed by atoms with E-state index < -0.39 is 28.7 Å². The molecule has 26 heavy (non-hydrogen) atoms. The molecule has 2 rings (SSSR count). The van der Waals surface area contributed by atoms with Gasteiger partial charge >= 0.3 is 11.6 Å². The molecule has 7 heteroatoms. The molecule has 1 aromatic heterocycles. The zero-order valence-electron chi connectivity index (χ0n) is 14.4. The largest absolute Gasteiger partial charge is 0.507 e. The highest BCUT2D eigenvalue weighted by atomic mass is 16.5. The van der Waals surface area contributed by atoms with Crippen LogP contribution in [0.2, 0.25) is 0 Å². The third-order valence-corrected chi connectivity index (χ3v) is 3.40. The molecular formula is C19H19NO6. The first-order valence-electron chi connectivity index (χ1n) is 7.97. The number of aromatic hydroxyl groups is 1. The number of nitrogens with one attached hydrogen (secondary N) is 1.